The van der Waals surface area contributed by atoms with Gasteiger partial charge in [-0.2, -0.15) is 0 Å². The number of ether oxygens (including phenoxy) is 1. The second kappa shape index (κ2) is 3.56. The minimum absolute atomic E-state index is 0.0885. The molecule has 0 aromatic heterocycles. The van der Waals surface area contributed by atoms with Crippen LogP contribution in [0.4, 0.5) is 0 Å². The molecule has 11 heavy (non-hydrogen) atoms. The Morgan fingerprint density at radius 2 is 2.45 bits per heavy atom. The Balaban J connectivity index is 2.52. The van der Waals surface area contributed by atoms with Crippen molar-refractivity contribution >= 4 is 5.97 Å². The molecule has 0 bridgehead atoms. The SMILES string of the molecule is CCC/C=C1\CC(C)OC1=O. The zero-order valence-electron chi connectivity index (χ0n) is 7.09. The summed E-state index contributed by atoms with van der Waals surface area (Å²) in [5.74, 6) is -0.119. The molecular weight excluding hydrogens is 140 g/mol. The first-order valence-corrected chi connectivity index (χ1v) is 4.14. The van der Waals surface area contributed by atoms with Crippen molar-refractivity contribution in [2.24, 2.45) is 0 Å². The number of hydrogen-bond acceptors (Lipinski definition) is 2. The van der Waals surface area contributed by atoms with Gasteiger partial charge < -0.3 is 4.74 Å². The van der Waals surface area contributed by atoms with Crippen LogP contribution < -0.4 is 0 Å². The van der Waals surface area contributed by atoms with Crippen molar-refractivity contribution in [2.45, 2.75) is 39.2 Å². The molecule has 1 fully saturated rings. The van der Waals surface area contributed by atoms with E-state index in [4.69, 9.17) is 4.74 Å². The fourth-order valence-electron chi connectivity index (χ4n) is 1.18. The van der Waals surface area contributed by atoms with E-state index in [1.165, 1.54) is 0 Å². The Hall–Kier alpha value is -0.790. The van der Waals surface area contributed by atoms with Crippen molar-refractivity contribution in [2.75, 3.05) is 0 Å². The van der Waals surface area contributed by atoms with Crippen LogP contribution in [0, 0.1) is 0 Å². The van der Waals surface area contributed by atoms with Crippen LogP contribution in [0.2, 0.25) is 0 Å². The van der Waals surface area contributed by atoms with Gasteiger partial charge in [0.25, 0.3) is 0 Å². The minimum Gasteiger partial charge on any atom is -0.459 e. The van der Waals surface area contributed by atoms with Gasteiger partial charge in [0, 0.05) is 12.0 Å². The van der Waals surface area contributed by atoms with Crippen molar-refractivity contribution in [3.05, 3.63) is 11.6 Å². The van der Waals surface area contributed by atoms with Crippen LogP contribution in [0.3, 0.4) is 0 Å². The molecule has 0 aromatic rings. The van der Waals surface area contributed by atoms with Crippen LogP contribution in [0.25, 0.3) is 0 Å². The number of hydrogen-bond donors (Lipinski definition) is 0. The lowest BCUT2D eigenvalue weighted by atomic mass is 10.1. The van der Waals surface area contributed by atoms with Gasteiger partial charge in [-0.05, 0) is 13.3 Å². The van der Waals surface area contributed by atoms with Crippen molar-refractivity contribution in [1.29, 1.82) is 0 Å². The largest absolute Gasteiger partial charge is 0.459 e. The van der Waals surface area contributed by atoms with E-state index in [2.05, 4.69) is 6.92 Å². The molecule has 0 saturated carbocycles. The highest BCUT2D eigenvalue weighted by Gasteiger charge is 2.24. The lowest BCUT2D eigenvalue weighted by molar-refractivity contribution is -0.138. The normalized spacial score (nSPS) is 27.6. The Bertz CT molecular complexity index is 182. The van der Waals surface area contributed by atoms with E-state index < -0.39 is 0 Å². The Morgan fingerprint density at radius 1 is 1.73 bits per heavy atom. The second-order valence-electron chi connectivity index (χ2n) is 2.94. The number of carbonyl (C=O) groups excluding carboxylic acids is 1. The summed E-state index contributed by atoms with van der Waals surface area (Å²) >= 11 is 0. The number of allylic oxidation sites excluding steroid dienone is 1. The predicted octanol–water partition coefficient (Wildman–Crippen LogP) is 2.05. The van der Waals surface area contributed by atoms with Gasteiger partial charge in [-0.15, -0.1) is 0 Å². The first-order chi connectivity index (χ1) is 5.24. The highest BCUT2D eigenvalue weighted by Crippen LogP contribution is 2.20. The van der Waals surface area contributed by atoms with Gasteiger partial charge in [0.1, 0.15) is 6.10 Å². The molecule has 0 aromatic carbocycles. The van der Waals surface area contributed by atoms with E-state index >= 15 is 0 Å². The fraction of sp³-hybridized carbons (Fsp3) is 0.667. The lowest BCUT2D eigenvalue weighted by Crippen LogP contribution is -1.99. The molecule has 0 spiro atoms. The summed E-state index contributed by atoms with van der Waals surface area (Å²) in [6.07, 6.45) is 4.94. The van der Waals surface area contributed by atoms with Crippen molar-refractivity contribution in [1.82, 2.24) is 0 Å². The monoisotopic (exact) mass is 154 g/mol. The molecule has 0 radical (unpaired) electrons. The maximum absolute atomic E-state index is 11.0. The predicted molar refractivity (Wildman–Crippen MR) is 43.2 cm³/mol. The summed E-state index contributed by atoms with van der Waals surface area (Å²) in [5.41, 5.74) is 0.861. The maximum Gasteiger partial charge on any atom is 0.334 e. The molecule has 0 amide bonds. The number of rotatable bonds is 2. The average Bonchev–Trinajstić information content (AvgIpc) is 2.26. The number of carbonyl (C=O) groups is 1. The van der Waals surface area contributed by atoms with Gasteiger partial charge in [-0.1, -0.05) is 19.4 Å². The molecule has 0 N–H and O–H groups in total. The first kappa shape index (κ1) is 8.31. The minimum atomic E-state index is -0.119. The van der Waals surface area contributed by atoms with Gasteiger partial charge in [0.2, 0.25) is 0 Å². The number of unbranched alkanes of at least 4 members (excludes halogenated alkanes) is 1. The molecule has 1 unspecified atom stereocenters. The quantitative estimate of drug-likeness (QED) is 0.449. The highest BCUT2D eigenvalue weighted by atomic mass is 16.5. The summed E-state index contributed by atoms with van der Waals surface area (Å²) in [4.78, 5) is 11.0. The first-order valence-electron chi connectivity index (χ1n) is 4.14. The van der Waals surface area contributed by atoms with Crippen LogP contribution in [0.15, 0.2) is 11.6 Å². The summed E-state index contributed by atoms with van der Waals surface area (Å²) in [6, 6.07) is 0. The van der Waals surface area contributed by atoms with E-state index in [-0.39, 0.29) is 12.1 Å². The highest BCUT2D eigenvalue weighted by molar-refractivity contribution is 5.90. The van der Waals surface area contributed by atoms with E-state index in [9.17, 15) is 4.79 Å². The molecule has 1 atom stereocenters. The Labute approximate surface area is 67.2 Å². The third-order valence-electron chi connectivity index (χ3n) is 1.76. The Morgan fingerprint density at radius 3 is 2.91 bits per heavy atom. The van der Waals surface area contributed by atoms with Crippen LogP contribution >= 0.6 is 0 Å². The fourth-order valence-corrected chi connectivity index (χ4v) is 1.18. The average molecular weight is 154 g/mol. The van der Waals surface area contributed by atoms with Gasteiger partial charge in [0.05, 0.1) is 0 Å². The topological polar surface area (TPSA) is 26.3 Å². The third kappa shape index (κ3) is 2.07. The molecule has 0 aliphatic carbocycles. The molecule has 1 rings (SSSR count). The molecule has 2 nitrogen and oxygen atoms in total. The van der Waals surface area contributed by atoms with Crippen molar-refractivity contribution in [3.63, 3.8) is 0 Å². The summed E-state index contributed by atoms with van der Waals surface area (Å²) < 4.78 is 4.96. The second-order valence-corrected chi connectivity index (χ2v) is 2.94. The summed E-state index contributed by atoms with van der Waals surface area (Å²) in [5, 5.41) is 0. The van der Waals surface area contributed by atoms with E-state index in [1.54, 1.807) is 0 Å². The van der Waals surface area contributed by atoms with Gasteiger partial charge in [-0.25, -0.2) is 4.79 Å². The van der Waals surface area contributed by atoms with Crippen LogP contribution in [0.1, 0.15) is 33.1 Å². The van der Waals surface area contributed by atoms with Crippen molar-refractivity contribution in [3.8, 4) is 0 Å². The molecule has 2 heteroatoms. The zero-order chi connectivity index (χ0) is 8.27. The molecule has 1 aliphatic rings. The summed E-state index contributed by atoms with van der Waals surface area (Å²) in [7, 11) is 0. The van der Waals surface area contributed by atoms with Gasteiger partial charge in [-0.3, -0.25) is 0 Å². The van der Waals surface area contributed by atoms with Gasteiger partial charge >= 0.3 is 5.97 Å². The summed E-state index contributed by atoms with van der Waals surface area (Å²) in [6.45, 7) is 4.02. The smallest absolute Gasteiger partial charge is 0.334 e. The van der Waals surface area contributed by atoms with Crippen LogP contribution in [-0.2, 0) is 9.53 Å². The van der Waals surface area contributed by atoms with Crippen LogP contribution in [-0.4, -0.2) is 12.1 Å². The number of cyclic esters (lactones) is 1. The van der Waals surface area contributed by atoms with E-state index in [1.807, 2.05) is 13.0 Å². The van der Waals surface area contributed by atoms with Gasteiger partial charge in [0.15, 0.2) is 0 Å². The Kier molecular flexibility index (Phi) is 2.69. The van der Waals surface area contributed by atoms with E-state index in [0.29, 0.717) is 0 Å². The van der Waals surface area contributed by atoms with Crippen molar-refractivity contribution < 1.29 is 9.53 Å². The lowest BCUT2D eigenvalue weighted by Gasteiger charge is -1.94. The standard InChI is InChI=1S/C9H14O2/c1-3-4-5-8-6-7(2)11-9(8)10/h5,7H,3-4,6H2,1-2H3/b8-5+. The molecule has 1 saturated heterocycles. The van der Waals surface area contributed by atoms with E-state index in [0.717, 1.165) is 24.8 Å². The van der Waals surface area contributed by atoms with Crippen LogP contribution in [0.5, 0.6) is 0 Å². The maximum atomic E-state index is 11.0. The molecule has 1 heterocycles. The molecule has 1 aliphatic heterocycles. The molecular formula is C9H14O2. The molecule has 62 valence electrons. The third-order valence-corrected chi connectivity index (χ3v) is 1.76. The zero-order valence-corrected chi connectivity index (χ0v) is 7.09. The number of esters is 1.